The highest BCUT2D eigenvalue weighted by atomic mass is 35.5. The van der Waals surface area contributed by atoms with Crippen molar-refractivity contribution in [3.8, 4) is 5.75 Å². The lowest BCUT2D eigenvalue weighted by molar-refractivity contribution is 0.0693. The van der Waals surface area contributed by atoms with Crippen LogP contribution in [0.1, 0.15) is 40.9 Å². The predicted molar refractivity (Wildman–Crippen MR) is 99.5 cm³/mol. The fraction of sp³-hybridized carbons (Fsp3) is 0.316. The molecule has 6 heteroatoms. The number of carbonyl (C=O) groups is 1. The molecule has 0 saturated carbocycles. The molecule has 0 fully saturated rings. The number of aliphatic hydroxyl groups is 1. The van der Waals surface area contributed by atoms with Crippen molar-refractivity contribution >= 4 is 18.4 Å². The number of aromatic carboxylic acids is 1. The predicted octanol–water partition coefficient (Wildman–Crippen LogP) is 3.16. The Hall–Kier alpha value is -2.08. The van der Waals surface area contributed by atoms with E-state index in [0.717, 1.165) is 12.8 Å². The molecule has 0 bridgehead atoms. The molecule has 2 aromatic carbocycles. The highest BCUT2D eigenvalue weighted by molar-refractivity contribution is 5.90. The van der Waals surface area contributed by atoms with Crippen LogP contribution in [0.15, 0.2) is 48.5 Å². The zero-order chi connectivity index (χ0) is 17.5. The molecule has 0 spiro atoms. The Morgan fingerprint density at radius 2 is 1.84 bits per heavy atom. The van der Waals surface area contributed by atoms with Gasteiger partial charge in [-0.1, -0.05) is 36.4 Å². The van der Waals surface area contributed by atoms with Crippen molar-refractivity contribution in [1.82, 2.24) is 5.32 Å². The summed E-state index contributed by atoms with van der Waals surface area (Å²) in [6.45, 7) is 2.37. The highest BCUT2D eigenvalue weighted by Crippen LogP contribution is 2.22. The summed E-state index contributed by atoms with van der Waals surface area (Å²) in [5.74, 6) is -1.52. The van der Waals surface area contributed by atoms with Gasteiger partial charge in [-0.2, -0.15) is 0 Å². The van der Waals surface area contributed by atoms with E-state index in [4.69, 9.17) is 5.11 Å². The Bertz CT molecular complexity index is 678. The molecule has 25 heavy (non-hydrogen) atoms. The first-order valence-electron chi connectivity index (χ1n) is 7.99. The van der Waals surface area contributed by atoms with E-state index in [2.05, 4.69) is 24.4 Å². The third kappa shape index (κ3) is 6.38. The van der Waals surface area contributed by atoms with E-state index in [0.29, 0.717) is 12.1 Å². The minimum Gasteiger partial charge on any atom is -0.507 e. The van der Waals surface area contributed by atoms with Crippen LogP contribution in [0.3, 0.4) is 0 Å². The zero-order valence-corrected chi connectivity index (χ0v) is 14.9. The molecule has 2 unspecified atom stereocenters. The SMILES string of the molecule is CC(CCc1ccccc1)NCC(O)c1ccc(O)c(C(=O)O)c1.Cl. The van der Waals surface area contributed by atoms with Gasteiger partial charge in [0.05, 0.1) is 6.10 Å². The van der Waals surface area contributed by atoms with Crippen LogP contribution >= 0.6 is 12.4 Å². The molecule has 0 aliphatic rings. The van der Waals surface area contributed by atoms with Crippen molar-refractivity contribution < 1.29 is 20.1 Å². The van der Waals surface area contributed by atoms with Crippen molar-refractivity contribution in [2.24, 2.45) is 0 Å². The molecule has 4 N–H and O–H groups in total. The third-order valence-electron chi connectivity index (χ3n) is 4.00. The maximum atomic E-state index is 11.0. The van der Waals surface area contributed by atoms with Crippen LogP contribution in [0.25, 0.3) is 0 Å². The molecule has 0 aromatic heterocycles. The lowest BCUT2D eigenvalue weighted by Crippen LogP contribution is -2.30. The normalized spacial score (nSPS) is 12.9. The molecular formula is C19H24ClNO4. The third-order valence-corrected chi connectivity index (χ3v) is 4.00. The average Bonchev–Trinajstić information content (AvgIpc) is 2.59. The van der Waals surface area contributed by atoms with Gasteiger partial charge in [0.25, 0.3) is 0 Å². The van der Waals surface area contributed by atoms with Crippen molar-refractivity contribution in [1.29, 1.82) is 0 Å². The molecule has 2 aromatic rings. The number of carboxylic acid groups (broad SMARTS) is 1. The quantitative estimate of drug-likeness (QED) is 0.577. The summed E-state index contributed by atoms with van der Waals surface area (Å²) in [7, 11) is 0. The number of benzene rings is 2. The molecule has 0 heterocycles. The minimum atomic E-state index is -1.22. The van der Waals surface area contributed by atoms with E-state index < -0.39 is 12.1 Å². The van der Waals surface area contributed by atoms with Crippen LogP contribution in [0, 0.1) is 0 Å². The molecule has 0 saturated heterocycles. The van der Waals surface area contributed by atoms with Gasteiger partial charge in [0.1, 0.15) is 11.3 Å². The fourth-order valence-electron chi connectivity index (χ4n) is 2.49. The summed E-state index contributed by atoms with van der Waals surface area (Å²) in [6, 6.07) is 14.5. The number of hydrogen-bond donors (Lipinski definition) is 4. The fourth-order valence-corrected chi connectivity index (χ4v) is 2.49. The molecule has 2 atom stereocenters. The number of carboxylic acids is 1. The first kappa shape index (κ1) is 21.0. The Morgan fingerprint density at radius 1 is 1.16 bits per heavy atom. The van der Waals surface area contributed by atoms with E-state index in [1.165, 1.54) is 23.8 Å². The molecule has 0 radical (unpaired) electrons. The van der Waals surface area contributed by atoms with Crippen LogP contribution in [-0.4, -0.2) is 33.9 Å². The maximum Gasteiger partial charge on any atom is 0.339 e. The van der Waals surface area contributed by atoms with E-state index in [-0.39, 0.29) is 29.8 Å². The van der Waals surface area contributed by atoms with E-state index >= 15 is 0 Å². The summed E-state index contributed by atoms with van der Waals surface area (Å²) in [6.07, 6.45) is 1.06. The molecular weight excluding hydrogens is 342 g/mol. The van der Waals surface area contributed by atoms with Gasteiger partial charge >= 0.3 is 5.97 Å². The lowest BCUT2D eigenvalue weighted by atomic mass is 10.0. The second-order valence-corrected chi connectivity index (χ2v) is 5.93. The molecule has 136 valence electrons. The molecule has 2 rings (SSSR count). The number of aryl methyl sites for hydroxylation is 1. The summed E-state index contributed by atoms with van der Waals surface area (Å²) in [5.41, 5.74) is 1.54. The topological polar surface area (TPSA) is 89.8 Å². The smallest absolute Gasteiger partial charge is 0.339 e. The molecule has 0 aliphatic heterocycles. The summed E-state index contributed by atoms with van der Waals surface area (Å²) < 4.78 is 0. The van der Waals surface area contributed by atoms with Crippen molar-refractivity contribution in [2.45, 2.75) is 31.9 Å². The number of rotatable bonds is 8. The number of phenols is 1. The van der Waals surface area contributed by atoms with E-state index in [1.54, 1.807) is 0 Å². The van der Waals surface area contributed by atoms with Crippen molar-refractivity contribution in [2.75, 3.05) is 6.54 Å². The monoisotopic (exact) mass is 365 g/mol. The number of aromatic hydroxyl groups is 1. The lowest BCUT2D eigenvalue weighted by Gasteiger charge is -2.18. The Labute approximate surface area is 153 Å². The van der Waals surface area contributed by atoms with Gasteiger partial charge in [-0.05, 0) is 43.0 Å². The zero-order valence-electron chi connectivity index (χ0n) is 14.1. The van der Waals surface area contributed by atoms with Crippen LogP contribution in [0.2, 0.25) is 0 Å². The summed E-state index contributed by atoms with van der Waals surface area (Å²) in [4.78, 5) is 11.0. The van der Waals surface area contributed by atoms with Crippen LogP contribution in [0.5, 0.6) is 5.75 Å². The average molecular weight is 366 g/mol. The molecule has 5 nitrogen and oxygen atoms in total. The van der Waals surface area contributed by atoms with Crippen molar-refractivity contribution in [3.63, 3.8) is 0 Å². The van der Waals surface area contributed by atoms with Gasteiger partial charge in [0.15, 0.2) is 0 Å². The maximum absolute atomic E-state index is 11.0. The number of aliphatic hydroxyl groups excluding tert-OH is 1. The standard InChI is InChI=1S/C19H23NO4.ClH/c1-13(7-8-14-5-3-2-4-6-14)20-12-18(22)15-9-10-17(21)16(11-15)19(23)24;/h2-6,9-11,13,18,20-22H,7-8,12H2,1H3,(H,23,24);1H. The van der Waals surface area contributed by atoms with Crippen LogP contribution in [0.4, 0.5) is 0 Å². The summed E-state index contributed by atoms with van der Waals surface area (Å²) >= 11 is 0. The van der Waals surface area contributed by atoms with Gasteiger partial charge < -0.3 is 20.6 Å². The first-order valence-corrected chi connectivity index (χ1v) is 7.99. The minimum absolute atomic E-state index is 0. The van der Waals surface area contributed by atoms with Crippen LogP contribution < -0.4 is 5.32 Å². The number of hydrogen-bond acceptors (Lipinski definition) is 4. The van der Waals surface area contributed by atoms with E-state index in [9.17, 15) is 15.0 Å². The van der Waals surface area contributed by atoms with Gasteiger partial charge in [0.2, 0.25) is 0 Å². The van der Waals surface area contributed by atoms with Gasteiger partial charge in [0, 0.05) is 12.6 Å². The van der Waals surface area contributed by atoms with E-state index in [1.807, 2.05) is 18.2 Å². The Balaban J connectivity index is 0.00000312. The second-order valence-electron chi connectivity index (χ2n) is 5.93. The molecule has 0 amide bonds. The van der Waals surface area contributed by atoms with Gasteiger partial charge in [-0.3, -0.25) is 0 Å². The Morgan fingerprint density at radius 3 is 2.48 bits per heavy atom. The van der Waals surface area contributed by atoms with Gasteiger partial charge in [-0.25, -0.2) is 4.79 Å². The highest BCUT2D eigenvalue weighted by Gasteiger charge is 2.15. The second kappa shape index (κ2) is 10.0. The number of nitrogens with one attached hydrogen (secondary N) is 1. The number of halogens is 1. The summed E-state index contributed by atoms with van der Waals surface area (Å²) in [5, 5.41) is 32.0. The van der Waals surface area contributed by atoms with Crippen LogP contribution in [-0.2, 0) is 6.42 Å². The first-order chi connectivity index (χ1) is 11.5. The van der Waals surface area contributed by atoms with Crippen molar-refractivity contribution in [3.05, 3.63) is 65.2 Å². The largest absolute Gasteiger partial charge is 0.507 e. The molecule has 0 aliphatic carbocycles. The van der Waals surface area contributed by atoms with Gasteiger partial charge in [-0.15, -0.1) is 12.4 Å². The Kier molecular flexibility index (Phi) is 8.41.